The van der Waals surface area contributed by atoms with Crippen LogP contribution in [0.25, 0.3) is 11.3 Å². The van der Waals surface area contributed by atoms with Gasteiger partial charge in [-0.15, -0.1) is 0 Å². The van der Waals surface area contributed by atoms with E-state index in [4.69, 9.17) is 4.98 Å². The number of aromatic nitrogens is 3. The predicted molar refractivity (Wildman–Crippen MR) is 109 cm³/mol. The molecule has 0 saturated heterocycles. The van der Waals surface area contributed by atoms with Crippen LogP contribution < -0.4 is 10.6 Å². The monoisotopic (exact) mass is 377 g/mol. The van der Waals surface area contributed by atoms with Gasteiger partial charge in [0, 0.05) is 36.6 Å². The Balaban J connectivity index is 1.56. The number of benzene rings is 1. The van der Waals surface area contributed by atoms with Gasteiger partial charge >= 0.3 is 0 Å². The van der Waals surface area contributed by atoms with Crippen LogP contribution in [0.4, 0.5) is 16.2 Å². The number of rotatable bonds is 6. The van der Waals surface area contributed by atoms with Gasteiger partial charge in [-0.2, -0.15) is 4.98 Å². The van der Waals surface area contributed by atoms with E-state index in [-0.39, 0.29) is 5.82 Å². The van der Waals surface area contributed by atoms with E-state index < -0.39 is 0 Å². The number of nitrogens with one attached hydrogen (secondary N) is 2. The highest BCUT2D eigenvalue weighted by molar-refractivity contribution is 5.64. The molecule has 0 amide bonds. The maximum Gasteiger partial charge on any atom is 0.225 e. The van der Waals surface area contributed by atoms with E-state index >= 15 is 0 Å². The van der Waals surface area contributed by atoms with E-state index in [1.54, 1.807) is 24.5 Å². The van der Waals surface area contributed by atoms with E-state index in [9.17, 15) is 4.39 Å². The first-order chi connectivity index (χ1) is 13.8. The van der Waals surface area contributed by atoms with Crippen LogP contribution in [0, 0.1) is 5.82 Å². The molecule has 5 nitrogen and oxygen atoms in total. The Bertz CT molecular complexity index is 893. The minimum absolute atomic E-state index is 0.232. The standard InChI is InChI=1S/C22H24FN5/c23-18-8-6-16(7-9-18)15-25-21-14-20(17-10-12-24-13-11-17)27-22(28-21)26-19-4-2-1-3-5-19/h6-14,19H,1-5,15H2,(H2,25,26,27,28). The van der Waals surface area contributed by atoms with Crippen molar-refractivity contribution in [1.82, 2.24) is 15.0 Å². The van der Waals surface area contributed by atoms with Crippen molar-refractivity contribution >= 4 is 11.8 Å². The molecule has 1 fully saturated rings. The van der Waals surface area contributed by atoms with Gasteiger partial charge in [0.2, 0.25) is 5.95 Å². The number of nitrogens with zero attached hydrogens (tertiary/aromatic N) is 3. The first kappa shape index (κ1) is 18.3. The minimum Gasteiger partial charge on any atom is -0.366 e. The first-order valence-corrected chi connectivity index (χ1v) is 9.80. The Morgan fingerprint density at radius 1 is 0.929 bits per heavy atom. The summed E-state index contributed by atoms with van der Waals surface area (Å²) in [6, 6.07) is 12.7. The van der Waals surface area contributed by atoms with Gasteiger partial charge in [-0.1, -0.05) is 31.4 Å². The third-order valence-electron chi connectivity index (χ3n) is 5.03. The Morgan fingerprint density at radius 3 is 2.43 bits per heavy atom. The maximum atomic E-state index is 13.1. The summed E-state index contributed by atoms with van der Waals surface area (Å²) >= 11 is 0. The van der Waals surface area contributed by atoms with Crippen molar-refractivity contribution in [3.05, 3.63) is 66.2 Å². The number of pyridine rings is 1. The summed E-state index contributed by atoms with van der Waals surface area (Å²) in [7, 11) is 0. The van der Waals surface area contributed by atoms with Gasteiger partial charge in [-0.3, -0.25) is 4.98 Å². The number of halogens is 1. The van der Waals surface area contributed by atoms with E-state index in [1.807, 2.05) is 18.2 Å². The van der Waals surface area contributed by atoms with Gasteiger partial charge in [0.1, 0.15) is 11.6 Å². The van der Waals surface area contributed by atoms with Crippen LogP contribution >= 0.6 is 0 Å². The molecule has 144 valence electrons. The average Bonchev–Trinajstić information content (AvgIpc) is 2.75. The molecule has 1 aromatic carbocycles. The lowest BCUT2D eigenvalue weighted by Gasteiger charge is -2.23. The third kappa shape index (κ3) is 4.82. The van der Waals surface area contributed by atoms with Crippen LogP contribution in [0.3, 0.4) is 0 Å². The van der Waals surface area contributed by atoms with E-state index in [0.717, 1.165) is 35.5 Å². The molecule has 2 heterocycles. The lowest BCUT2D eigenvalue weighted by Crippen LogP contribution is -2.23. The summed E-state index contributed by atoms with van der Waals surface area (Å²) in [6.45, 7) is 0.565. The van der Waals surface area contributed by atoms with E-state index in [0.29, 0.717) is 18.5 Å². The van der Waals surface area contributed by atoms with Gasteiger partial charge in [0.05, 0.1) is 5.69 Å². The summed E-state index contributed by atoms with van der Waals surface area (Å²) in [6.07, 6.45) is 9.63. The topological polar surface area (TPSA) is 62.7 Å². The van der Waals surface area contributed by atoms with Crippen LogP contribution in [0.5, 0.6) is 0 Å². The fourth-order valence-electron chi connectivity index (χ4n) is 3.50. The Hall–Kier alpha value is -3.02. The fraction of sp³-hybridized carbons (Fsp3) is 0.318. The van der Waals surface area contributed by atoms with Crippen molar-refractivity contribution in [2.75, 3.05) is 10.6 Å². The molecule has 0 bridgehead atoms. The second kappa shape index (κ2) is 8.78. The molecular weight excluding hydrogens is 353 g/mol. The van der Waals surface area contributed by atoms with Gasteiger partial charge in [0.25, 0.3) is 0 Å². The third-order valence-corrected chi connectivity index (χ3v) is 5.03. The highest BCUT2D eigenvalue weighted by Gasteiger charge is 2.15. The first-order valence-electron chi connectivity index (χ1n) is 9.80. The highest BCUT2D eigenvalue weighted by Crippen LogP contribution is 2.24. The normalized spacial score (nSPS) is 14.6. The molecule has 0 spiro atoms. The SMILES string of the molecule is Fc1ccc(CNc2cc(-c3ccncc3)nc(NC3CCCCC3)n2)cc1. The molecule has 3 aromatic rings. The number of hydrogen-bond acceptors (Lipinski definition) is 5. The zero-order chi connectivity index (χ0) is 19.2. The molecule has 0 radical (unpaired) electrons. The molecule has 0 unspecified atom stereocenters. The molecular formula is C22H24FN5. The second-order valence-corrected chi connectivity index (χ2v) is 7.16. The Labute approximate surface area is 164 Å². The van der Waals surface area contributed by atoms with Gasteiger partial charge in [0.15, 0.2) is 0 Å². The molecule has 28 heavy (non-hydrogen) atoms. The molecule has 2 aromatic heterocycles. The van der Waals surface area contributed by atoms with Crippen LogP contribution in [0.2, 0.25) is 0 Å². The Kier molecular flexibility index (Phi) is 5.75. The largest absolute Gasteiger partial charge is 0.366 e. The van der Waals surface area contributed by atoms with Crippen molar-refractivity contribution < 1.29 is 4.39 Å². The zero-order valence-corrected chi connectivity index (χ0v) is 15.7. The van der Waals surface area contributed by atoms with Crippen molar-refractivity contribution in [2.24, 2.45) is 0 Å². The van der Waals surface area contributed by atoms with Crippen molar-refractivity contribution in [2.45, 2.75) is 44.7 Å². The van der Waals surface area contributed by atoms with Gasteiger partial charge in [-0.05, 0) is 42.7 Å². The maximum absolute atomic E-state index is 13.1. The van der Waals surface area contributed by atoms with E-state index in [1.165, 1.54) is 31.4 Å². The minimum atomic E-state index is -0.232. The van der Waals surface area contributed by atoms with Crippen molar-refractivity contribution in [1.29, 1.82) is 0 Å². The highest BCUT2D eigenvalue weighted by atomic mass is 19.1. The molecule has 1 aliphatic rings. The quantitative estimate of drug-likeness (QED) is 0.630. The molecule has 1 aliphatic carbocycles. The van der Waals surface area contributed by atoms with Gasteiger partial charge in [-0.25, -0.2) is 9.37 Å². The lowest BCUT2D eigenvalue weighted by molar-refractivity contribution is 0.461. The summed E-state index contributed by atoms with van der Waals surface area (Å²) in [5.74, 6) is 1.15. The smallest absolute Gasteiger partial charge is 0.225 e. The van der Waals surface area contributed by atoms with Crippen LogP contribution in [0.15, 0.2) is 54.9 Å². The fourth-order valence-corrected chi connectivity index (χ4v) is 3.50. The Morgan fingerprint density at radius 2 is 1.68 bits per heavy atom. The lowest BCUT2D eigenvalue weighted by atomic mass is 9.96. The second-order valence-electron chi connectivity index (χ2n) is 7.16. The summed E-state index contributed by atoms with van der Waals surface area (Å²) in [5.41, 5.74) is 2.83. The molecule has 1 saturated carbocycles. The predicted octanol–water partition coefficient (Wildman–Crippen LogP) is 5.03. The van der Waals surface area contributed by atoms with Crippen LogP contribution in [0.1, 0.15) is 37.7 Å². The van der Waals surface area contributed by atoms with Gasteiger partial charge < -0.3 is 10.6 Å². The molecule has 0 aliphatic heterocycles. The van der Waals surface area contributed by atoms with Crippen LogP contribution in [-0.2, 0) is 6.54 Å². The number of hydrogen-bond donors (Lipinski definition) is 2. The summed E-state index contributed by atoms with van der Waals surface area (Å²) in [5, 5.41) is 6.85. The van der Waals surface area contributed by atoms with Crippen molar-refractivity contribution in [3.63, 3.8) is 0 Å². The number of anilines is 2. The van der Waals surface area contributed by atoms with E-state index in [2.05, 4.69) is 20.6 Å². The molecule has 2 N–H and O–H groups in total. The zero-order valence-electron chi connectivity index (χ0n) is 15.7. The molecule has 6 heteroatoms. The summed E-state index contributed by atoms with van der Waals surface area (Å²) in [4.78, 5) is 13.5. The molecule has 0 atom stereocenters. The summed E-state index contributed by atoms with van der Waals surface area (Å²) < 4.78 is 13.1. The van der Waals surface area contributed by atoms with Crippen LogP contribution in [-0.4, -0.2) is 21.0 Å². The average molecular weight is 377 g/mol. The molecule has 4 rings (SSSR count). The van der Waals surface area contributed by atoms with Crippen molar-refractivity contribution in [3.8, 4) is 11.3 Å².